The number of halogens is 1. The third-order valence-electron chi connectivity index (χ3n) is 5.97. The predicted molar refractivity (Wildman–Crippen MR) is 124 cm³/mol. The second kappa shape index (κ2) is 8.37. The molecule has 0 radical (unpaired) electrons. The Balaban J connectivity index is 1.30. The van der Waals surface area contributed by atoms with Gasteiger partial charge in [-0.2, -0.15) is 0 Å². The largest absolute Gasteiger partial charge is 0.451 e. The van der Waals surface area contributed by atoms with Gasteiger partial charge in [0.2, 0.25) is 5.82 Å². The zero-order chi connectivity index (χ0) is 23.1. The van der Waals surface area contributed by atoms with Crippen molar-refractivity contribution in [1.29, 1.82) is 0 Å². The van der Waals surface area contributed by atoms with E-state index in [-0.39, 0.29) is 23.7 Å². The molecule has 4 aromatic rings. The number of carbonyl (C=O) groups excluding carboxylic acids is 2. The number of carbonyl (C=O) groups is 2. The zero-order valence-electron chi connectivity index (χ0n) is 18.2. The van der Waals surface area contributed by atoms with E-state index in [0.29, 0.717) is 36.0 Å². The summed E-state index contributed by atoms with van der Waals surface area (Å²) in [6.07, 6.45) is 1.49. The van der Waals surface area contributed by atoms with Gasteiger partial charge < -0.3 is 14.2 Å². The second-order valence-corrected chi connectivity index (χ2v) is 8.58. The predicted octanol–water partition coefficient (Wildman–Crippen LogP) is 3.96. The summed E-state index contributed by atoms with van der Waals surface area (Å²) in [6.45, 7) is 4.99. The first kappa shape index (κ1) is 21.2. The highest BCUT2D eigenvalue weighted by atomic mass is 35.5. The molecule has 1 aliphatic rings. The van der Waals surface area contributed by atoms with Crippen LogP contribution in [0.2, 0.25) is 5.02 Å². The molecule has 0 aliphatic carbocycles. The topological polar surface area (TPSA) is 84.5 Å². The third-order valence-corrected chi connectivity index (χ3v) is 6.20. The number of fused-ring (bicyclic) bond motifs is 1. The van der Waals surface area contributed by atoms with E-state index in [1.165, 1.54) is 11.0 Å². The number of benzene rings is 2. The van der Waals surface area contributed by atoms with Gasteiger partial charge in [-0.25, -0.2) is 9.67 Å². The minimum absolute atomic E-state index is 0.106. The van der Waals surface area contributed by atoms with Crippen LogP contribution in [-0.2, 0) is 0 Å². The Labute approximate surface area is 195 Å². The van der Waals surface area contributed by atoms with Crippen LogP contribution >= 0.6 is 11.6 Å². The van der Waals surface area contributed by atoms with E-state index in [1.54, 1.807) is 21.9 Å². The number of aromatic nitrogens is 3. The Bertz CT molecular complexity index is 1360. The number of para-hydroxylation sites is 1. The lowest BCUT2D eigenvalue weighted by Crippen LogP contribution is -2.55. The van der Waals surface area contributed by atoms with E-state index in [0.717, 1.165) is 16.6 Å². The highest BCUT2D eigenvalue weighted by molar-refractivity contribution is 6.30. The van der Waals surface area contributed by atoms with Gasteiger partial charge in [0.25, 0.3) is 11.8 Å². The quantitative estimate of drug-likeness (QED) is 0.459. The lowest BCUT2D eigenvalue weighted by Gasteiger charge is -2.39. The van der Waals surface area contributed by atoms with E-state index in [4.69, 9.17) is 16.0 Å². The first-order chi connectivity index (χ1) is 15.9. The molecule has 1 saturated heterocycles. The van der Waals surface area contributed by atoms with Crippen LogP contribution in [0.1, 0.15) is 33.7 Å². The van der Waals surface area contributed by atoms with Gasteiger partial charge in [0, 0.05) is 41.6 Å². The SMILES string of the molecule is Cc1c(C(=O)N2CCN(C(=O)c3ncn(-c4cccc(Cl)c4)n3)C(C)C2)oc2ccccc12. The van der Waals surface area contributed by atoms with Crippen LogP contribution in [0.4, 0.5) is 0 Å². The number of aryl methyl sites for hydroxylation is 1. The van der Waals surface area contributed by atoms with Crippen LogP contribution in [0.5, 0.6) is 0 Å². The fourth-order valence-electron chi connectivity index (χ4n) is 4.20. The molecule has 0 bridgehead atoms. The van der Waals surface area contributed by atoms with E-state index in [9.17, 15) is 9.59 Å². The highest BCUT2D eigenvalue weighted by Crippen LogP contribution is 2.27. The van der Waals surface area contributed by atoms with Crippen LogP contribution in [0.15, 0.2) is 59.3 Å². The summed E-state index contributed by atoms with van der Waals surface area (Å²) in [7, 11) is 0. The van der Waals surface area contributed by atoms with Gasteiger partial charge in [0.15, 0.2) is 5.76 Å². The molecule has 2 aromatic heterocycles. The molecule has 9 heteroatoms. The Kier molecular flexibility index (Phi) is 5.38. The lowest BCUT2D eigenvalue weighted by atomic mass is 10.1. The molecule has 168 valence electrons. The summed E-state index contributed by atoms with van der Waals surface area (Å²) >= 11 is 6.05. The van der Waals surface area contributed by atoms with Gasteiger partial charge in [-0.1, -0.05) is 35.9 Å². The fourth-order valence-corrected chi connectivity index (χ4v) is 4.38. The smallest absolute Gasteiger partial charge is 0.293 e. The van der Waals surface area contributed by atoms with Crippen molar-refractivity contribution in [2.24, 2.45) is 0 Å². The number of hydrogen-bond donors (Lipinski definition) is 0. The van der Waals surface area contributed by atoms with E-state index in [1.807, 2.05) is 50.2 Å². The molecular weight excluding hydrogens is 442 g/mol. The summed E-state index contributed by atoms with van der Waals surface area (Å²) in [5.41, 5.74) is 2.25. The van der Waals surface area contributed by atoms with Crippen molar-refractivity contribution in [2.45, 2.75) is 19.9 Å². The Morgan fingerprint density at radius 1 is 1.09 bits per heavy atom. The molecule has 2 amide bonds. The molecule has 1 unspecified atom stereocenters. The second-order valence-electron chi connectivity index (χ2n) is 8.14. The fraction of sp³-hybridized carbons (Fsp3) is 0.250. The number of amides is 2. The number of rotatable bonds is 3. The third kappa shape index (κ3) is 3.87. The molecule has 1 atom stereocenters. The average Bonchev–Trinajstić information content (AvgIpc) is 3.44. The van der Waals surface area contributed by atoms with E-state index < -0.39 is 0 Å². The monoisotopic (exact) mass is 463 g/mol. The molecule has 1 aliphatic heterocycles. The van der Waals surface area contributed by atoms with Crippen molar-refractivity contribution in [1.82, 2.24) is 24.6 Å². The first-order valence-electron chi connectivity index (χ1n) is 10.7. The molecule has 3 heterocycles. The summed E-state index contributed by atoms with van der Waals surface area (Å²) in [4.78, 5) is 33.9. The van der Waals surface area contributed by atoms with Gasteiger partial charge >= 0.3 is 0 Å². The lowest BCUT2D eigenvalue weighted by molar-refractivity contribution is 0.0393. The van der Waals surface area contributed by atoms with Crippen LogP contribution in [0.25, 0.3) is 16.7 Å². The molecule has 5 rings (SSSR count). The van der Waals surface area contributed by atoms with Gasteiger partial charge in [0.05, 0.1) is 5.69 Å². The maximum Gasteiger partial charge on any atom is 0.293 e. The number of nitrogens with zero attached hydrogens (tertiary/aromatic N) is 5. The maximum atomic E-state index is 13.2. The highest BCUT2D eigenvalue weighted by Gasteiger charge is 2.34. The molecule has 2 aromatic carbocycles. The summed E-state index contributed by atoms with van der Waals surface area (Å²) in [6, 6.07) is 14.6. The van der Waals surface area contributed by atoms with E-state index in [2.05, 4.69) is 10.1 Å². The van der Waals surface area contributed by atoms with Crippen molar-refractivity contribution >= 4 is 34.4 Å². The minimum atomic E-state index is -0.268. The normalized spacial score (nSPS) is 16.4. The van der Waals surface area contributed by atoms with Crippen LogP contribution in [-0.4, -0.2) is 62.1 Å². The van der Waals surface area contributed by atoms with Crippen molar-refractivity contribution in [3.8, 4) is 5.69 Å². The van der Waals surface area contributed by atoms with E-state index >= 15 is 0 Å². The molecule has 1 fully saturated rings. The van der Waals surface area contributed by atoms with Crippen molar-refractivity contribution in [3.63, 3.8) is 0 Å². The Morgan fingerprint density at radius 3 is 2.67 bits per heavy atom. The Morgan fingerprint density at radius 2 is 1.91 bits per heavy atom. The number of piperazine rings is 1. The van der Waals surface area contributed by atoms with Crippen LogP contribution < -0.4 is 0 Å². The number of hydrogen-bond acceptors (Lipinski definition) is 5. The molecule has 0 saturated carbocycles. The van der Waals surface area contributed by atoms with Gasteiger partial charge in [-0.3, -0.25) is 9.59 Å². The van der Waals surface area contributed by atoms with Gasteiger partial charge in [-0.05, 0) is 38.1 Å². The molecule has 8 nitrogen and oxygen atoms in total. The van der Waals surface area contributed by atoms with Crippen molar-refractivity contribution < 1.29 is 14.0 Å². The molecule has 0 spiro atoms. The maximum absolute atomic E-state index is 13.2. The molecular formula is C24H22ClN5O3. The summed E-state index contributed by atoms with van der Waals surface area (Å²) in [5, 5.41) is 5.84. The number of furan rings is 1. The van der Waals surface area contributed by atoms with Crippen LogP contribution in [0.3, 0.4) is 0 Å². The first-order valence-corrected chi connectivity index (χ1v) is 11.1. The van der Waals surface area contributed by atoms with Crippen molar-refractivity contribution in [3.05, 3.63) is 77.0 Å². The van der Waals surface area contributed by atoms with Crippen LogP contribution in [0, 0.1) is 6.92 Å². The van der Waals surface area contributed by atoms with Gasteiger partial charge in [0.1, 0.15) is 11.9 Å². The Hall–Kier alpha value is -3.65. The standard InChI is InChI=1S/C24H22ClN5O3/c1-15-13-28(23(31)21-16(2)19-8-3-4-9-20(19)33-21)10-11-29(15)24(32)22-26-14-30(27-22)18-7-5-6-17(25)12-18/h3-9,12,14-15H,10-11,13H2,1-2H3. The zero-order valence-corrected chi connectivity index (χ0v) is 19.0. The van der Waals surface area contributed by atoms with Gasteiger partial charge in [-0.15, -0.1) is 5.10 Å². The van der Waals surface area contributed by atoms with Crippen molar-refractivity contribution in [2.75, 3.05) is 19.6 Å². The molecule has 33 heavy (non-hydrogen) atoms. The molecule has 0 N–H and O–H groups in total. The summed E-state index contributed by atoms with van der Waals surface area (Å²) in [5.74, 6) is 0.0288. The average molecular weight is 464 g/mol. The summed E-state index contributed by atoms with van der Waals surface area (Å²) < 4.78 is 7.36. The minimum Gasteiger partial charge on any atom is -0.451 e.